The molecule has 1 fully saturated rings. The van der Waals surface area contributed by atoms with E-state index in [2.05, 4.69) is 0 Å². The van der Waals surface area contributed by atoms with Gasteiger partial charge in [0.15, 0.2) is 5.78 Å². The lowest BCUT2D eigenvalue weighted by atomic mass is 9.92. The van der Waals surface area contributed by atoms with Crippen molar-refractivity contribution in [1.29, 1.82) is 0 Å². The monoisotopic (exact) mass is 258 g/mol. The van der Waals surface area contributed by atoms with Gasteiger partial charge in [0.05, 0.1) is 12.9 Å². The van der Waals surface area contributed by atoms with Gasteiger partial charge in [-0.05, 0) is 18.8 Å². The molecule has 1 rings (SSSR count). The molecule has 98 valence electrons. The Bertz CT molecular complexity index is 270. The van der Waals surface area contributed by atoms with Gasteiger partial charge in [-0.2, -0.15) is 11.8 Å². The third-order valence-electron chi connectivity index (χ3n) is 3.23. The van der Waals surface area contributed by atoms with Crippen molar-refractivity contribution in [2.24, 2.45) is 11.8 Å². The van der Waals surface area contributed by atoms with Crippen LogP contribution >= 0.6 is 11.8 Å². The Hall–Kier alpha value is -0.510. The van der Waals surface area contributed by atoms with E-state index in [1.807, 2.05) is 13.8 Å². The summed E-state index contributed by atoms with van der Waals surface area (Å²) in [5, 5.41) is 0.615. The Morgan fingerprint density at radius 1 is 1.29 bits per heavy atom. The van der Waals surface area contributed by atoms with Crippen LogP contribution in [0.4, 0.5) is 0 Å². The maximum atomic E-state index is 12.0. The number of methoxy groups -OCH3 is 1. The predicted octanol–water partition coefficient (Wildman–Crippen LogP) is 2.68. The Kier molecular flexibility index (Phi) is 6.03. The number of carbonyl (C=O) groups is 2. The number of ether oxygens (including phenoxy) is 1. The third-order valence-corrected chi connectivity index (χ3v) is 4.63. The van der Waals surface area contributed by atoms with Crippen molar-refractivity contribution in [1.82, 2.24) is 0 Å². The Balaban J connectivity index is 2.44. The first-order chi connectivity index (χ1) is 8.06. The van der Waals surface area contributed by atoms with Gasteiger partial charge in [-0.15, -0.1) is 0 Å². The molecule has 0 radical (unpaired) electrons. The zero-order valence-electron chi connectivity index (χ0n) is 10.9. The van der Waals surface area contributed by atoms with E-state index in [-0.39, 0.29) is 11.7 Å². The molecule has 3 nitrogen and oxygen atoms in total. The summed E-state index contributed by atoms with van der Waals surface area (Å²) >= 11 is 1.71. The first kappa shape index (κ1) is 14.6. The van der Waals surface area contributed by atoms with Gasteiger partial charge >= 0.3 is 5.97 Å². The van der Waals surface area contributed by atoms with Crippen LogP contribution in [0.25, 0.3) is 0 Å². The number of thioether (sulfide) groups is 1. The topological polar surface area (TPSA) is 43.4 Å². The summed E-state index contributed by atoms with van der Waals surface area (Å²) in [7, 11) is 1.34. The van der Waals surface area contributed by atoms with Crippen LogP contribution in [0.5, 0.6) is 0 Å². The molecule has 1 aliphatic carbocycles. The molecule has 1 unspecified atom stereocenters. The van der Waals surface area contributed by atoms with E-state index in [0.29, 0.717) is 11.0 Å². The van der Waals surface area contributed by atoms with Crippen LogP contribution < -0.4 is 0 Å². The number of carbonyl (C=O) groups excluding carboxylic acids is 2. The molecule has 1 atom stereocenters. The molecule has 17 heavy (non-hydrogen) atoms. The Morgan fingerprint density at radius 3 is 2.35 bits per heavy atom. The highest BCUT2D eigenvalue weighted by atomic mass is 32.2. The lowest BCUT2D eigenvalue weighted by molar-refractivity contribution is -0.150. The highest BCUT2D eigenvalue weighted by Crippen LogP contribution is 2.30. The highest BCUT2D eigenvalue weighted by molar-refractivity contribution is 8.00. The van der Waals surface area contributed by atoms with Crippen molar-refractivity contribution in [3.05, 3.63) is 0 Å². The maximum absolute atomic E-state index is 12.0. The second-order valence-electron chi connectivity index (χ2n) is 4.93. The summed E-state index contributed by atoms with van der Waals surface area (Å²) in [5.41, 5.74) is 0. The maximum Gasteiger partial charge on any atom is 0.316 e. The number of Topliss-reactive ketones (excluding diaryl/α,β-unsaturated/α-hetero) is 1. The number of hydrogen-bond donors (Lipinski definition) is 0. The molecule has 0 aliphatic heterocycles. The molecular weight excluding hydrogens is 236 g/mol. The fourth-order valence-electron chi connectivity index (χ4n) is 2.25. The molecule has 0 amide bonds. The van der Waals surface area contributed by atoms with Crippen molar-refractivity contribution in [3.63, 3.8) is 0 Å². The first-order valence-electron chi connectivity index (χ1n) is 6.28. The van der Waals surface area contributed by atoms with Gasteiger partial charge in [0.25, 0.3) is 0 Å². The van der Waals surface area contributed by atoms with Crippen molar-refractivity contribution >= 4 is 23.5 Å². The minimum Gasteiger partial charge on any atom is -0.468 e. The largest absolute Gasteiger partial charge is 0.468 e. The third kappa shape index (κ3) is 4.34. The van der Waals surface area contributed by atoms with Gasteiger partial charge in [0, 0.05) is 5.25 Å². The highest BCUT2D eigenvalue weighted by Gasteiger charge is 2.31. The van der Waals surface area contributed by atoms with Crippen molar-refractivity contribution < 1.29 is 14.3 Å². The van der Waals surface area contributed by atoms with Gasteiger partial charge in [-0.25, -0.2) is 0 Å². The van der Waals surface area contributed by atoms with Crippen LogP contribution in [0, 0.1) is 11.8 Å². The molecule has 0 saturated heterocycles. The van der Waals surface area contributed by atoms with Crippen LogP contribution in [-0.4, -0.2) is 29.9 Å². The van der Waals surface area contributed by atoms with Crippen LogP contribution in [0.1, 0.15) is 39.5 Å². The van der Waals surface area contributed by atoms with E-state index in [1.54, 1.807) is 11.8 Å². The van der Waals surface area contributed by atoms with Gasteiger partial charge < -0.3 is 4.74 Å². The number of rotatable bonds is 6. The number of ketones is 1. The zero-order chi connectivity index (χ0) is 12.8. The molecule has 0 bridgehead atoms. The lowest BCUT2D eigenvalue weighted by Gasteiger charge is -2.17. The minimum atomic E-state index is -0.589. The Labute approximate surface area is 108 Å². The van der Waals surface area contributed by atoms with Crippen molar-refractivity contribution in [2.75, 3.05) is 12.9 Å². The summed E-state index contributed by atoms with van der Waals surface area (Å²) in [4.78, 5) is 23.6. The van der Waals surface area contributed by atoms with Gasteiger partial charge in [0.2, 0.25) is 0 Å². The fourth-order valence-corrected chi connectivity index (χ4v) is 3.49. The van der Waals surface area contributed by atoms with E-state index < -0.39 is 11.9 Å². The molecule has 0 aromatic rings. The summed E-state index contributed by atoms with van der Waals surface area (Å²) in [6.07, 6.45) is 4.97. The molecule has 0 aromatic heterocycles. The number of esters is 1. The zero-order valence-corrected chi connectivity index (χ0v) is 11.7. The average Bonchev–Trinajstić information content (AvgIpc) is 2.78. The normalized spacial score (nSPS) is 18.4. The van der Waals surface area contributed by atoms with Gasteiger partial charge in [-0.1, -0.05) is 26.7 Å². The van der Waals surface area contributed by atoms with Crippen molar-refractivity contribution in [3.8, 4) is 0 Å². The van der Waals surface area contributed by atoms with E-state index in [0.717, 1.165) is 0 Å². The molecule has 0 spiro atoms. The summed E-state index contributed by atoms with van der Waals surface area (Å²) in [6, 6.07) is 0. The second-order valence-corrected chi connectivity index (χ2v) is 6.22. The predicted molar refractivity (Wildman–Crippen MR) is 70.1 cm³/mol. The molecule has 0 N–H and O–H groups in total. The first-order valence-corrected chi connectivity index (χ1v) is 7.33. The van der Waals surface area contributed by atoms with Crippen LogP contribution in [-0.2, 0) is 14.3 Å². The van der Waals surface area contributed by atoms with Crippen LogP contribution in [0.3, 0.4) is 0 Å². The standard InChI is InChI=1S/C13H22O3S/c1-9(2)12(13(15)16-3)11(14)8-17-10-6-4-5-7-10/h9-10,12H,4-8H2,1-3H3. The SMILES string of the molecule is COC(=O)C(C(=O)CSC1CCCC1)C(C)C. The van der Waals surface area contributed by atoms with E-state index in [1.165, 1.54) is 32.8 Å². The molecule has 1 saturated carbocycles. The second kappa shape index (κ2) is 7.04. The quantitative estimate of drug-likeness (QED) is 0.542. The molecule has 0 aromatic carbocycles. The molecule has 1 aliphatic rings. The van der Waals surface area contributed by atoms with E-state index in [4.69, 9.17) is 4.74 Å². The summed E-state index contributed by atoms with van der Waals surface area (Å²) in [5.74, 6) is -0.503. The van der Waals surface area contributed by atoms with Gasteiger partial charge in [0.1, 0.15) is 5.92 Å². The fraction of sp³-hybridized carbons (Fsp3) is 0.846. The van der Waals surface area contributed by atoms with Crippen molar-refractivity contribution in [2.45, 2.75) is 44.8 Å². The van der Waals surface area contributed by atoms with Gasteiger partial charge in [-0.3, -0.25) is 9.59 Å². The van der Waals surface area contributed by atoms with E-state index >= 15 is 0 Å². The minimum absolute atomic E-state index is 0.0131. The smallest absolute Gasteiger partial charge is 0.316 e. The van der Waals surface area contributed by atoms with E-state index in [9.17, 15) is 9.59 Å². The molecule has 0 heterocycles. The lowest BCUT2D eigenvalue weighted by Crippen LogP contribution is -2.31. The van der Waals surface area contributed by atoms with Crippen LogP contribution in [0.15, 0.2) is 0 Å². The summed E-state index contributed by atoms with van der Waals surface area (Å²) < 4.78 is 4.70. The van der Waals surface area contributed by atoms with Crippen LogP contribution in [0.2, 0.25) is 0 Å². The molecular formula is C13H22O3S. The average molecular weight is 258 g/mol. The number of hydrogen-bond acceptors (Lipinski definition) is 4. The Morgan fingerprint density at radius 2 is 1.88 bits per heavy atom. The molecule has 4 heteroatoms. The summed E-state index contributed by atoms with van der Waals surface area (Å²) in [6.45, 7) is 3.78.